The largest absolute Gasteiger partial charge is 0.496 e. The molecule has 0 fully saturated rings. The van der Waals surface area contributed by atoms with E-state index in [9.17, 15) is 13.2 Å². The molecule has 2 N–H and O–H groups in total. The van der Waals surface area contributed by atoms with Gasteiger partial charge in [-0.3, -0.25) is 0 Å². The maximum absolute atomic E-state index is 14.1. The summed E-state index contributed by atoms with van der Waals surface area (Å²) in [5.41, 5.74) is 5.67. The molecule has 106 valence electrons. The predicted molar refractivity (Wildman–Crippen MR) is 70.1 cm³/mol. The summed E-state index contributed by atoms with van der Waals surface area (Å²) in [7, 11) is 1.34. The number of hydrogen-bond acceptors (Lipinski definition) is 2. The molecule has 0 aliphatic carbocycles. The van der Waals surface area contributed by atoms with Crippen LogP contribution in [-0.4, -0.2) is 7.11 Å². The third-order valence-electron chi connectivity index (χ3n) is 3.17. The van der Waals surface area contributed by atoms with Crippen molar-refractivity contribution in [1.29, 1.82) is 0 Å². The molecule has 2 nitrogen and oxygen atoms in total. The molecule has 0 aliphatic heterocycles. The Morgan fingerprint density at radius 1 is 1.00 bits per heavy atom. The smallest absolute Gasteiger partial charge is 0.134 e. The first-order valence-electron chi connectivity index (χ1n) is 5.99. The van der Waals surface area contributed by atoms with Gasteiger partial charge >= 0.3 is 0 Å². The van der Waals surface area contributed by atoms with E-state index < -0.39 is 23.5 Å². The Morgan fingerprint density at radius 3 is 2.30 bits per heavy atom. The van der Waals surface area contributed by atoms with Crippen molar-refractivity contribution in [3.63, 3.8) is 0 Å². The van der Waals surface area contributed by atoms with E-state index in [1.807, 2.05) is 0 Å². The van der Waals surface area contributed by atoms with Crippen molar-refractivity contribution < 1.29 is 17.9 Å². The molecule has 0 aromatic heterocycles. The molecule has 0 bridgehead atoms. The number of ether oxygens (including phenoxy) is 1. The normalized spacial score (nSPS) is 12.3. The fraction of sp³-hybridized carbons (Fsp3) is 0.200. The predicted octanol–water partition coefficient (Wildman–Crippen LogP) is 3.47. The molecular formula is C15H14F3NO. The van der Waals surface area contributed by atoms with Crippen LogP contribution in [0.1, 0.15) is 22.7 Å². The van der Waals surface area contributed by atoms with E-state index in [0.29, 0.717) is 0 Å². The Bertz CT molecular complexity index is 643. The van der Waals surface area contributed by atoms with Crippen LogP contribution in [0, 0.1) is 24.4 Å². The highest BCUT2D eigenvalue weighted by Gasteiger charge is 2.25. The average molecular weight is 281 g/mol. The molecule has 0 spiro atoms. The number of nitrogens with two attached hydrogens (primary N) is 1. The van der Waals surface area contributed by atoms with Crippen molar-refractivity contribution in [2.24, 2.45) is 5.73 Å². The number of methoxy groups -OCH3 is 1. The van der Waals surface area contributed by atoms with Crippen LogP contribution in [0.3, 0.4) is 0 Å². The molecule has 2 aromatic carbocycles. The number of halogens is 3. The molecule has 0 heterocycles. The van der Waals surface area contributed by atoms with Crippen molar-refractivity contribution in [1.82, 2.24) is 0 Å². The quantitative estimate of drug-likeness (QED) is 0.935. The van der Waals surface area contributed by atoms with Crippen LogP contribution in [0.4, 0.5) is 13.2 Å². The molecule has 0 radical (unpaired) electrons. The first-order chi connectivity index (χ1) is 9.47. The lowest BCUT2D eigenvalue weighted by Gasteiger charge is -2.18. The number of benzene rings is 2. The third kappa shape index (κ3) is 2.36. The number of hydrogen-bond donors (Lipinski definition) is 1. The summed E-state index contributed by atoms with van der Waals surface area (Å²) in [6.07, 6.45) is 0. The van der Waals surface area contributed by atoms with E-state index in [1.165, 1.54) is 38.3 Å². The number of rotatable bonds is 3. The van der Waals surface area contributed by atoms with Gasteiger partial charge in [-0.15, -0.1) is 0 Å². The molecule has 0 saturated carbocycles. The molecular weight excluding hydrogens is 267 g/mol. The Hall–Kier alpha value is -2.01. The summed E-state index contributed by atoms with van der Waals surface area (Å²) in [4.78, 5) is 0. The molecule has 1 atom stereocenters. The Labute approximate surface area is 115 Å². The Morgan fingerprint density at radius 2 is 1.65 bits per heavy atom. The molecule has 1 unspecified atom stereocenters. The highest BCUT2D eigenvalue weighted by Crippen LogP contribution is 2.33. The summed E-state index contributed by atoms with van der Waals surface area (Å²) in [5, 5.41) is 0. The van der Waals surface area contributed by atoms with Gasteiger partial charge in [0.05, 0.1) is 18.7 Å². The van der Waals surface area contributed by atoms with E-state index in [-0.39, 0.29) is 22.4 Å². The van der Waals surface area contributed by atoms with Gasteiger partial charge in [0.15, 0.2) is 0 Å². The van der Waals surface area contributed by atoms with Gasteiger partial charge in [0, 0.05) is 5.56 Å². The van der Waals surface area contributed by atoms with Crippen molar-refractivity contribution in [2.45, 2.75) is 13.0 Å². The highest BCUT2D eigenvalue weighted by atomic mass is 19.1. The average Bonchev–Trinajstić information content (AvgIpc) is 2.42. The molecule has 2 aromatic rings. The minimum Gasteiger partial charge on any atom is -0.496 e. The maximum Gasteiger partial charge on any atom is 0.134 e. The van der Waals surface area contributed by atoms with Crippen molar-refractivity contribution in [2.75, 3.05) is 7.11 Å². The van der Waals surface area contributed by atoms with Crippen molar-refractivity contribution >= 4 is 0 Å². The zero-order valence-electron chi connectivity index (χ0n) is 11.1. The molecule has 0 saturated heterocycles. The van der Waals surface area contributed by atoms with Gasteiger partial charge in [-0.05, 0) is 30.7 Å². The van der Waals surface area contributed by atoms with Gasteiger partial charge in [0.25, 0.3) is 0 Å². The van der Waals surface area contributed by atoms with Crippen LogP contribution in [0.5, 0.6) is 5.75 Å². The lowest BCUT2D eigenvalue weighted by atomic mass is 9.95. The molecule has 20 heavy (non-hydrogen) atoms. The molecule has 5 heteroatoms. The van der Waals surface area contributed by atoms with Crippen LogP contribution in [0.25, 0.3) is 0 Å². The SMILES string of the molecule is COc1cccc(F)c1C(N)c1c(F)ccc(C)c1F. The standard InChI is InChI=1S/C15H14F3NO/c1-8-6-7-10(17)13(14(8)18)15(19)12-9(16)4-3-5-11(12)20-2/h3-7,15H,19H2,1-2H3. The molecule has 0 amide bonds. The first kappa shape index (κ1) is 14.4. The fourth-order valence-corrected chi connectivity index (χ4v) is 2.10. The van der Waals surface area contributed by atoms with Crippen molar-refractivity contribution in [3.05, 3.63) is 64.5 Å². The Kier molecular flexibility index (Phi) is 3.99. The second kappa shape index (κ2) is 5.54. The molecule has 2 rings (SSSR count). The van der Waals surface area contributed by atoms with Gasteiger partial charge in [-0.25, -0.2) is 13.2 Å². The van der Waals surface area contributed by atoms with Gasteiger partial charge < -0.3 is 10.5 Å². The molecule has 0 aliphatic rings. The van der Waals surface area contributed by atoms with E-state index in [4.69, 9.17) is 10.5 Å². The zero-order valence-corrected chi connectivity index (χ0v) is 11.1. The van der Waals surface area contributed by atoms with Crippen LogP contribution in [0.2, 0.25) is 0 Å². The highest BCUT2D eigenvalue weighted by molar-refractivity contribution is 5.44. The summed E-state index contributed by atoms with van der Waals surface area (Å²) >= 11 is 0. The topological polar surface area (TPSA) is 35.2 Å². The minimum atomic E-state index is -1.29. The summed E-state index contributed by atoms with van der Waals surface area (Å²) in [6.45, 7) is 1.49. The maximum atomic E-state index is 14.1. The Balaban J connectivity index is 2.64. The van der Waals surface area contributed by atoms with Crippen LogP contribution in [0.15, 0.2) is 30.3 Å². The lowest BCUT2D eigenvalue weighted by molar-refractivity contribution is 0.400. The fourth-order valence-electron chi connectivity index (χ4n) is 2.10. The first-order valence-corrected chi connectivity index (χ1v) is 5.99. The van der Waals surface area contributed by atoms with E-state index in [2.05, 4.69) is 0 Å². The third-order valence-corrected chi connectivity index (χ3v) is 3.17. The van der Waals surface area contributed by atoms with Crippen LogP contribution in [-0.2, 0) is 0 Å². The second-order valence-corrected chi connectivity index (χ2v) is 4.43. The van der Waals surface area contributed by atoms with Gasteiger partial charge in [0.2, 0.25) is 0 Å². The summed E-state index contributed by atoms with van der Waals surface area (Å²) < 4.78 is 46.9. The monoisotopic (exact) mass is 281 g/mol. The summed E-state index contributed by atoms with van der Waals surface area (Å²) in [6, 6.07) is 5.23. The van der Waals surface area contributed by atoms with E-state index >= 15 is 0 Å². The minimum absolute atomic E-state index is 0.0709. The van der Waals surface area contributed by atoms with Gasteiger partial charge in [-0.1, -0.05) is 12.1 Å². The zero-order chi connectivity index (χ0) is 14.9. The van der Waals surface area contributed by atoms with E-state index in [1.54, 1.807) is 0 Å². The van der Waals surface area contributed by atoms with E-state index in [0.717, 1.165) is 6.07 Å². The lowest BCUT2D eigenvalue weighted by Crippen LogP contribution is -2.18. The summed E-state index contributed by atoms with van der Waals surface area (Å²) in [5.74, 6) is -2.11. The second-order valence-electron chi connectivity index (χ2n) is 4.43. The van der Waals surface area contributed by atoms with Crippen LogP contribution >= 0.6 is 0 Å². The van der Waals surface area contributed by atoms with Crippen molar-refractivity contribution in [3.8, 4) is 5.75 Å². The van der Waals surface area contributed by atoms with Gasteiger partial charge in [-0.2, -0.15) is 0 Å². The van der Waals surface area contributed by atoms with Crippen LogP contribution < -0.4 is 10.5 Å². The number of aryl methyl sites for hydroxylation is 1. The van der Waals surface area contributed by atoms with Gasteiger partial charge in [0.1, 0.15) is 23.2 Å².